The maximum Gasteiger partial charge on any atom is 0.335 e. The summed E-state index contributed by atoms with van der Waals surface area (Å²) in [7, 11) is 0. The van der Waals surface area contributed by atoms with Crippen LogP contribution in [0.1, 0.15) is 32.3 Å². The molecule has 5 heteroatoms. The van der Waals surface area contributed by atoms with E-state index in [9.17, 15) is 10.0 Å². The summed E-state index contributed by atoms with van der Waals surface area (Å²) in [5.41, 5.74) is 1.48. The van der Waals surface area contributed by atoms with E-state index in [1.807, 2.05) is 6.92 Å². The zero-order chi connectivity index (χ0) is 12.0. The lowest BCUT2D eigenvalue weighted by atomic mass is 10.1. The molecule has 5 nitrogen and oxygen atoms in total. The summed E-state index contributed by atoms with van der Waals surface area (Å²) >= 11 is 0. The van der Waals surface area contributed by atoms with Gasteiger partial charge >= 0.3 is 5.91 Å². The molecule has 0 radical (unpaired) electrons. The first kappa shape index (κ1) is 12.5. The second-order valence-electron chi connectivity index (χ2n) is 3.41. The zero-order valence-corrected chi connectivity index (χ0v) is 9.43. The lowest BCUT2D eigenvalue weighted by molar-refractivity contribution is -0.771. The van der Waals surface area contributed by atoms with Crippen molar-refractivity contribution in [3.63, 3.8) is 0 Å². The Bertz CT molecular complexity index is 376. The number of nitrogens with zero attached hydrogens (tertiary/aromatic N) is 2. The fraction of sp³-hybridized carbons (Fsp3) is 0.364. The van der Waals surface area contributed by atoms with E-state index in [1.54, 1.807) is 24.5 Å². The first-order valence-corrected chi connectivity index (χ1v) is 5.18. The standard InChI is InChI=1S/C11H15N3O2/c1-3-4-11(13-14(16)9(2)15)10-5-7-12-8-6-10/h5-8,14H,3-4H2,1-2H3. The number of quaternary nitrogens is 1. The third-order valence-corrected chi connectivity index (χ3v) is 2.04. The van der Waals surface area contributed by atoms with E-state index in [4.69, 9.17) is 0 Å². The molecule has 0 saturated carbocycles. The molecule has 1 heterocycles. The first-order chi connectivity index (χ1) is 7.65. The number of carbonyl (C=O) groups is 1. The van der Waals surface area contributed by atoms with Gasteiger partial charge in [0.15, 0.2) is 0 Å². The molecule has 0 aliphatic rings. The van der Waals surface area contributed by atoms with E-state index in [0.29, 0.717) is 12.1 Å². The topological polar surface area (TPSA) is 69.8 Å². The fourth-order valence-corrected chi connectivity index (χ4v) is 1.25. The number of rotatable bonds is 4. The maximum absolute atomic E-state index is 11.2. The van der Waals surface area contributed by atoms with E-state index >= 15 is 0 Å². The number of nitrogens with one attached hydrogen (secondary N) is 1. The molecule has 1 rings (SSSR count). The van der Waals surface area contributed by atoms with Crippen LogP contribution < -0.4 is 5.17 Å². The van der Waals surface area contributed by atoms with Gasteiger partial charge in [-0.2, -0.15) is 5.17 Å². The van der Waals surface area contributed by atoms with Crippen LogP contribution in [0.4, 0.5) is 0 Å². The second-order valence-corrected chi connectivity index (χ2v) is 3.41. The van der Waals surface area contributed by atoms with Crippen LogP contribution in [0.3, 0.4) is 0 Å². The van der Waals surface area contributed by atoms with Crippen molar-refractivity contribution in [1.29, 1.82) is 0 Å². The van der Waals surface area contributed by atoms with E-state index in [2.05, 4.69) is 10.1 Å². The molecule has 86 valence electrons. The Labute approximate surface area is 94.4 Å². The van der Waals surface area contributed by atoms with Crippen LogP contribution in [0.15, 0.2) is 29.6 Å². The van der Waals surface area contributed by atoms with Crippen LogP contribution in [0.25, 0.3) is 0 Å². The van der Waals surface area contributed by atoms with Gasteiger partial charge in [-0.05, 0) is 18.6 Å². The molecule has 0 bridgehead atoms. The average Bonchev–Trinajstić information content (AvgIpc) is 2.29. The van der Waals surface area contributed by atoms with E-state index in [-0.39, 0.29) is 0 Å². The van der Waals surface area contributed by atoms with Crippen LogP contribution in [-0.4, -0.2) is 16.6 Å². The van der Waals surface area contributed by atoms with Crippen molar-refractivity contribution in [2.24, 2.45) is 5.10 Å². The Balaban J connectivity index is 2.95. The monoisotopic (exact) mass is 221 g/mol. The normalized spacial score (nSPS) is 13.6. The highest BCUT2D eigenvalue weighted by Crippen LogP contribution is 2.04. The first-order valence-electron chi connectivity index (χ1n) is 5.18. The summed E-state index contributed by atoms with van der Waals surface area (Å²) in [6, 6.07) is 3.56. The molecule has 1 aromatic rings. The number of hydrogen-bond donors (Lipinski definition) is 1. The van der Waals surface area contributed by atoms with Gasteiger partial charge in [-0.25, -0.2) is 4.79 Å². The van der Waals surface area contributed by atoms with Gasteiger partial charge in [0.2, 0.25) is 0 Å². The molecule has 0 fully saturated rings. The SMILES string of the molecule is CCCC(=N[NH+]([O-])C(C)=O)c1ccncc1. The average molecular weight is 221 g/mol. The molecule has 0 aliphatic heterocycles. The lowest BCUT2D eigenvalue weighted by Crippen LogP contribution is -3.05. The maximum atomic E-state index is 11.2. The van der Waals surface area contributed by atoms with Gasteiger partial charge in [0, 0.05) is 18.0 Å². The summed E-state index contributed by atoms with van der Waals surface area (Å²) < 4.78 is 0. The fourth-order valence-electron chi connectivity index (χ4n) is 1.25. The molecule has 1 N–H and O–H groups in total. The molecule has 1 amide bonds. The molecular weight excluding hydrogens is 206 g/mol. The Morgan fingerprint density at radius 1 is 1.50 bits per heavy atom. The van der Waals surface area contributed by atoms with E-state index in [0.717, 1.165) is 12.0 Å². The van der Waals surface area contributed by atoms with Crippen LogP contribution in [-0.2, 0) is 4.79 Å². The smallest absolute Gasteiger partial charge is 0.335 e. The Morgan fingerprint density at radius 3 is 2.62 bits per heavy atom. The van der Waals surface area contributed by atoms with Gasteiger partial charge in [-0.3, -0.25) is 4.98 Å². The highest BCUT2D eigenvalue weighted by molar-refractivity contribution is 6.00. The zero-order valence-electron chi connectivity index (χ0n) is 9.43. The molecule has 0 saturated heterocycles. The molecule has 0 aliphatic carbocycles. The minimum atomic E-state index is -0.694. The Morgan fingerprint density at radius 2 is 2.12 bits per heavy atom. The molecular formula is C11H15N3O2. The summed E-state index contributed by atoms with van der Waals surface area (Å²) in [6.45, 7) is 3.22. The Kier molecular flexibility index (Phi) is 4.75. The van der Waals surface area contributed by atoms with E-state index in [1.165, 1.54) is 6.92 Å². The van der Waals surface area contributed by atoms with Gasteiger partial charge in [0.25, 0.3) is 0 Å². The predicted octanol–water partition coefficient (Wildman–Crippen LogP) is 0.515. The second kappa shape index (κ2) is 6.09. The molecule has 1 aromatic heterocycles. The number of amides is 1. The highest BCUT2D eigenvalue weighted by Gasteiger charge is 2.08. The number of aromatic nitrogens is 1. The summed E-state index contributed by atoms with van der Waals surface area (Å²) in [4.78, 5) is 14.7. The molecule has 0 spiro atoms. The molecule has 1 atom stereocenters. The third kappa shape index (κ3) is 3.52. The molecule has 16 heavy (non-hydrogen) atoms. The number of hydroxylamine groups is 1. The molecule has 0 aromatic carbocycles. The summed E-state index contributed by atoms with van der Waals surface area (Å²) in [6.07, 6.45) is 4.81. The van der Waals surface area contributed by atoms with Crippen molar-refractivity contribution >= 4 is 11.6 Å². The van der Waals surface area contributed by atoms with Crippen LogP contribution in [0.2, 0.25) is 0 Å². The van der Waals surface area contributed by atoms with Crippen molar-refractivity contribution in [1.82, 2.24) is 4.98 Å². The third-order valence-electron chi connectivity index (χ3n) is 2.04. The van der Waals surface area contributed by atoms with Crippen LogP contribution in [0, 0.1) is 5.21 Å². The number of hydrogen-bond acceptors (Lipinski definition) is 4. The summed E-state index contributed by atoms with van der Waals surface area (Å²) in [5, 5.41) is 14.4. The van der Waals surface area contributed by atoms with Crippen molar-refractivity contribution in [2.75, 3.05) is 0 Å². The van der Waals surface area contributed by atoms with Crippen LogP contribution in [0.5, 0.6) is 0 Å². The van der Waals surface area contributed by atoms with Gasteiger partial charge in [-0.15, -0.1) is 0 Å². The van der Waals surface area contributed by atoms with Crippen molar-refractivity contribution in [2.45, 2.75) is 26.7 Å². The largest absolute Gasteiger partial charge is 0.599 e. The van der Waals surface area contributed by atoms with Crippen molar-refractivity contribution in [3.05, 3.63) is 35.3 Å². The minimum absolute atomic E-state index is 0.539. The predicted molar refractivity (Wildman–Crippen MR) is 60.7 cm³/mol. The van der Waals surface area contributed by atoms with Crippen molar-refractivity contribution < 1.29 is 9.97 Å². The van der Waals surface area contributed by atoms with E-state index < -0.39 is 11.1 Å². The van der Waals surface area contributed by atoms with Gasteiger partial charge in [0.05, 0.1) is 6.92 Å². The van der Waals surface area contributed by atoms with Crippen molar-refractivity contribution in [3.8, 4) is 0 Å². The number of carbonyl (C=O) groups excluding carboxylic acids is 1. The highest BCUT2D eigenvalue weighted by atomic mass is 16.5. The van der Waals surface area contributed by atoms with Gasteiger partial charge < -0.3 is 5.21 Å². The quantitative estimate of drug-likeness (QED) is 0.595. The van der Waals surface area contributed by atoms with Gasteiger partial charge in [-0.1, -0.05) is 18.4 Å². The Hall–Kier alpha value is -1.59. The lowest BCUT2D eigenvalue weighted by Gasteiger charge is -2.12. The summed E-state index contributed by atoms with van der Waals surface area (Å²) in [5.74, 6) is -0.539. The van der Waals surface area contributed by atoms with Gasteiger partial charge in [0.1, 0.15) is 5.71 Å². The molecule has 1 unspecified atom stereocenters. The minimum Gasteiger partial charge on any atom is -0.599 e. The van der Waals surface area contributed by atoms with Crippen LogP contribution >= 0.6 is 0 Å². The number of pyridine rings is 1.